The first-order valence-electron chi connectivity index (χ1n) is 18.7. The van der Waals surface area contributed by atoms with E-state index in [0.29, 0.717) is 24.2 Å². The summed E-state index contributed by atoms with van der Waals surface area (Å²) in [6.45, 7) is 8.16. The van der Waals surface area contributed by atoms with E-state index in [-0.39, 0.29) is 40.8 Å². The van der Waals surface area contributed by atoms with E-state index in [0.717, 1.165) is 57.8 Å². The zero-order valence-electron chi connectivity index (χ0n) is 29.1. The molecule has 6 rings (SSSR count). The third-order valence-corrected chi connectivity index (χ3v) is 14.5. The van der Waals surface area contributed by atoms with E-state index in [9.17, 15) is 40.9 Å². The van der Waals surface area contributed by atoms with Crippen LogP contribution in [0.4, 0.5) is 0 Å². The van der Waals surface area contributed by atoms with Crippen molar-refractivity contribution in [3.8, 4) is 0 Å². The maximum absolute atomic E-state index is 11.1. The molecule has 2 heterocycles. The Labute approximate surface area is 284 Å². The van der Waals surface area contributed by atoms with Crippen LogP contribution >= 0.6 is 0 Å². The predicted molar refractivity (Wildman–Crippen MR) is 172 cm³/mol. The van der Waals surface area contributed by atoms with E-state index in [1.54, 1.807) is 0 Å². The second-order valence-electron chi connectivity index (χ2n) is 16.7. The number of hydrogen-bond donors (Lipinski definition) is 8. The summed E-state index contributed by atoms with van der Waals surface area (Å²) in [4.78, 5) is 0. The Bertz CT molecular complexity index is 1080. The highest BCUT2D eigenvalue weighted by atomic mass is 16.7. The van der Waals surface area contributed by atoms with Crippen molar-refractivity contribution in [1.29, 1.82) is 0 Å². The molecule has 4 unspecified atom stereocenters. The molecule has 0 radical (unpaired) electrons. The number of ether oxygens (including phenoxy) is 4. The van der Waals surface area contributed by atoms with Crippen molar-refractivity contribution in [3.63, 3.8) is 0 Å². The molecule has 278 valence electrons. The summed E-state index contributed by atoms with van der Waals surface area (Å²) >= 11 is 0. The van der Waals surface area contributed by atoms with Crippen LogP contribution < -0.4 is 0 Å². The van der Waals surface area contributed by atoms with Crippen LogP contribution in [0.25, 0.3) is 0 Å². The van der Waals surface area contributed by atoms with E-state index in [4.69, 9.17) is 18.9 Å². The van der Waals surface area contributed by atoms with Crippen molar-refractivity contribution in [3.05, 3.63) is 0 Å². The Kier molecular flexibility index (Phi) is 11.3. The Morgan fingerprint density at radius 3 is 1.92 bits per heavy atom. The maximum Gasteiger partial charge on any atom is 0.186 e. The molecule has 0 bridgehead atoms. The summed E-state index contributed by atoms with van der Waals surface area (Å²) in [5, 5.41) is 84.1. The summed E-state index contributed by atoms with van der Waals surface area (Å²) in [5.41, 5.74) is -0.382. The first-order chi connectivity index (χ1) is 22.8. The number of aliphatic hydroxyl groups excluding tert-OH is 8. The second kappa shape index (κ2) is 14.5. The van der Waals surface area contributed by atoms with Crippen molar-refractivity contribution in [1.82, 2.24) is 0 Å². The average Bonchev–Trinajstić information content (AvgIpc) is 3.43. The normalized spacial score (nSPS) is 54.6. The smallest absolute Gasteiger partial charge is 0.186 e. The van der Waals surface area contributed by atoms with Crippen molar-refractivity contribution < 1.29 is 59.8 Å². The van der Waals surface area contributed by atoms with Gasteiger partial charge in [-0.1, -0.05) is 53.4 Å². The van der Waals surface area contributed by atoms with E-state index in [1.165, 1.54) is 0 Å². The zero-order chi connectivity index (χ0) is 34.7. The summed E-state index contributed by atoms with van der Waals surface area (Å²) in [6, 6.07) is 0. The van der Waals surface area contributed by atoms with Crippen molar-refractivity contribution in [2.24, 2.45) is 46.3 Å². The highest BCUT2D eigenvalue weighted by Gasteiger charge is 2.67. The molecule has 0 spiro atoms. The minimum absolute atomic E-state index is 0.0103. The number of hydrogen-bond acceptors (Lipinski definition) is 12. The molecule has 6 aliphatic rings. The molecular weight excluding hydrogens is 624 g/mol. The van der Waals surface area contributed by atoms with Crippen LogP contribution in [0.15, 0.2) is 0 Å². The first-order valence-corrected chi connectivity index (χ1v) is 18.7. The van der Waals surface area contributed by atoms with Crippen LogP contribution in [0.1, 0.15) is 91.9 Å². The van der Waals surface area contributed by atoms with E-state index >= 15 is 0 Å². The van der Waals surface area contributed by atoms with Gasteiger partial charge < -0.3 is 59.8 Å². The van der Waals surface area contributed by atoms with Gasteiger partial charge >= 0.3 is 0 Å². The van der Waals surface area contributed by atoms with Gasteiger partial charge in [-0.05, 0) is 79.4 Å². The molecule has 20 atom stereocenters. The van der Waals surface area contributed by atoms with Gasteiger partial charge in [0.05, 0.1) is 25.4 Å². The largest absolute Gasteiger partial charge is 0.394 e. The minimum atomic E-state index is -1.52. The van der Waals surface area contributed by atoms with Gasteiger partial charge in [0.15, 0.2) is 12.6 Å². The van der Waals surface area contributed by atoms with E-state index < -0.39 is 74.6 Å². The predicted octanol–water partition coefficient (Wildman–Crippen LogP) is 1.06. The van der Waals surface area contributed by atoms with Gasteiger partial charge in [0, 0.05) is 5.41 Å². The Hall–Kier alpha value is -0.480. The monoisotopic (exact) mass is 686 g/mol. The van der Waals surface area contributed by atoms with Crippen molar-refractivity contribution in [2.45, 2.75) is 166 Å². The SMILES string of the molecule is CCC[C@@H](C)[C@H]1CC[C@H]2[C@@H]3[C@H](O[C@@H]4OC(CO)[C@@H](O)[C@H](O)C4O)C[C@@H]4CCCC[C@]4(C)[C@H]3C[C@H](O[C@@H]3OC(CO)[C@@H](O)[C@H](O)C3O)[C@]12C. The topological polar surface area (TPSA) is 199 Å². The van der Waals surface area contributed by atoms with Crippen LogP contribution in [0.5, 0.6) is 0 Å². The Morgan fingerprint density at radius 2 is 1.33 bits per heavy atom. The van der Waals surface area contributed by atoms with E-state index in [2.05, 4.69) is 27.7 Å². The third-order valence-electron chi connectivity index (χ3n) is 14.5. The molecule has 0 aromatic carbocycles. The van der Waals surface area contributed by atoms with Gasteiger partial charge in [0.2, 0.25) is 0 Å². The molecule has 12 nitrogen and oxygen atoms in total. The molecule has 0 aromatic rings. The minimum Gasteiger partial charge on any atom is -0.394 e. The zero-order valence-corrected chi connectivity index (χ0v) is 29.1. The van der Waals surface area contributed by atoms with Gasteiger partial charge in [-0.25, -0.2) is 0 Å². The second-order valence-corrected chi connectivity index (χ2v) is 16.7. The van der Waals surface area contributed by atoms with Crippen molar-refractivity contribution in [2.75, 3.05) is 13.2 Å². The molecule has 0 amide bonds. The molecular formula is C36H62O12. The lowest BCUT2D eigenvalue weighted by molar-refractivity contribution is -0.345. The fourth-order valence-electron chi connectivity index (χ4n) is 11.8. The number of aliphatic hydroxyl groups is 8. The van der Waals surface area contributed by atoms with Crippen LogP contribution in [0.2, 0.25) is 0 Å². The Balaban J connectivity index is 1.37. The van der Waals surface area contributed by atoms with Gasteiger partial charge in [-0.15, -0.1) is 0 Å². The van der Waals surface area contributed by atoms with Gasteiger partial charge in [-0.3, -0.25) is 0 Å². The standard InChI is InChI=1S/C36H62O12/c1-5-8-17(2)19-10-11-20-26-21(14-25(36(19,20)4)48-34-32(44)30(42)28(40)24(16-38)47-34)35(3)12-7-6-9-18(35)13-22(26)45-33-31(43)29(41)27(39)23(15-37)46-33/h17-34,37-44H,5-16H2,1-4H3/t17-,18+,19-,20+,21+,22-,23?,24?,25+,26+,27-,28-,29+,30+,31?,32?,33-,34+,35+,36-/m1/s1. The summed E-state index contributed by atoms with van der Waals surface area (Å²) in [5.74, 6) is 1.41. The van der Waals surface area contributed by atoms with Crippen LogP contribution in [-0.2, 0) is 18.9 Å². The number of rotatable bonds is 9. The summed E-state index contributed by atoms with van der Waals surface area (Å²) < 4.78 is 25.5. The number of fused-ring (bicyclic) bond motifs is 5. The van der Waals surface area contributed by atoms with Gasteiger partial charge in [-0.2, -0.15) is 0 Å². The summed E-state index contributed by atoms with van der Waals surface area (Å²) in [6.07, 6.45) is -4.24. The molecule has 48 heavy (non-hydrogen) atoms. The molecule has 12 heteroatoms. The lowest BCUT2D eigenvalue weighted by Gasteiger charge is -2.65. The lowest BCUT2D eigenvalue weighted by atomic mass is 9.43. The van der Waals surface area contributed by atoms with E-state index in [1.807, 2.05) is 0 Å². The highest BCUT2D eigenvalue weighted by Crippen LogP contribution is 2.69. The molecule has 8 N–H and O–H groups in total. The van der Waals surface area contributed by atoms with Crippen LogP contribution in [0, 0.1) is 46.3 Å². The molecule has 4 aliphatic carbocycles. The molecule has 2 aliphatic heterocycles. The molecule has 4 saturated carbocycles. The fraction of sp³-hybridized carbons (Fsp3) is 1.00. The van der Waals surface area contributed by atoms with Crippen molar-refractivity contribution >= 4 is 0 Å². The fourth-order valence-corrected chi connectivity index (χ4v) is 11.8. The van der Waals surface area contributed by atoms with Gasteiger partial charge in [0.1, 0.15) is 48.8 Å². The molecule has 6 fully saturated rings. The Morgan fingerprint density at radius 1 is 0.729 bits per heavy atom. The average molecular weight is 687 g/mol. The summed E-state index contributed by atoms with van der Waals surface area (Å²) in [7, 11) is 0. The lowest BCUT2D eigenvalue weighted by Crippen LogP contribution is -2.66. The molecule has 0 aromatic heterocycles. The highest BCUT2D eigenvalue weighted by molar-refractivity contribution is 5.15. The van der Waals surface area contributed by atoms with Gasteiger partial charge in [0.25, 0.3) is 0 Å². The van der Waals surface area contributed by atoms with Crippen LogP contribution in [0.3, 0.4) is 0 Å². The third kappa shape index (κ3) is 6.11. The quantitative estimate of drug-likeness (QED) is 0.161. The molecule has 2 saturated heterocycles. The first kappa shape index (κ1) is 37.3. The van der Waals surface area contributed by atoms with Crippen LogP contribution in [-0.4, -0.2) is 128 Å². The maximum atomic E-state index is 11.1.